The van der Waals surface area contributed by atoms with Crippen molar-refractivity contribution in [1.29, 1.82) is 0 Å². The third-order valence-corrected chi connectivity index (χ3v) is 3.14. The molecule has 1 aromatic carbocycles. The molecule has 1 aromatic heterocycles. The van der Waals surface area contributed by atoms with Gasteiger partial charge in [0.2, 0.25) is 0 Å². The molecule has 0 unspecified atom stereocenters. The van der Waals surface area contributed by atoms with Crippen LogP contribution in [-0.2, 0) is 5.41 Å². The molecule has 0 saturated carbocycles. The lowest BCUT2D eigenvalue weighted by Crippen LogP contribution is -2.14. The Morgan fingerprint density at radius 2 is 1.76 bits per heavy atom. The van der Waals surface area contributed by atoms with Gasteiger partial charge in [-0.15, -0.1) is 0 Å². The highest BCUT2D eigenvalue weighted by atomic mass is 35.5. The second kappa shape index (κ2) is 4.04. The molecule has 90 valence electrons. The monoisotopic (exact) mass is 268 g/mol. The van der Waals surface area contributed by atoms with Gasteiger partial charge in [0.05, 0.1) is 10.5 Å². The molecule has 0 atom stereocenters. The molecule has 0 saturated heterocycles. The van der Waals surface area contributed by atoms with Crippen LogP contribution in [0.1, 0.15) is 26.5 Å². The number of benzene rings is 1. The Balaban J connectivity index is 2.83. The van der Waals surface area contributed by atoms with E-state index >= 15 is 0 Å². The zero-order valence-electron chi connectivity index (χ0n) is 10.0. The van der Waals surface area contributed by atoms with Crippen molar-refractivity contribution in [3.63, 3.8) is 0 Å². The van der Waals surface area contributed by atoms with Crippen LogP contribution in [0.25, 0.3) is 10.9 Å². The summed E-state index contributed by atoms with van der Waals surface area (Å²) < 4.78 is 0. The smallest absolute Gasteiger partial charge is 0.0913 e. The maximum atomic E-state index is 6.15. The molecular weight excluding hydrogens is 255 g/mol. The van der Waals surface area contributed by atoms with Gasteiger partial charge < -0.3 is 5.73 Å². The van der Waals surface area contributed by atoms with Crippen molar-refractivity contribution >= 4 is 39.8 Å². The predicted molar refractivity (Wildman–Crippen MR) is 74.9 cm³/mol. The first-order valence-corrected chi connectivity index (χ1v) is 6.10. The summed E-state index contributed by atoms with van der Waals surface area (Å²) in [5.74, 6) is 0. The SMILES string of the molecule is CC(C)(C)c1cc(N)c2cc(Cl)cc(Cl)c2n1. The molecule has 0 aliphatic carbocycles. The second-order valence-corrected chi connectivity index (χ2v) is 5.97. The van der Waals surface area contributed by atoms with E-state index in [9.17, 15) is 0 Å². The van der Waals surface area contributed by atoms with Gasteiger partial charge >= 0.3 is 0 Å². The van der Waals surface area contributed by atoms with E-state index in [4.69, 9.17) is 28.9 Å². The van der Waals surface area contributed by atoms with E-state index in [0.717, 1.165) is 11.1 Å². The molecule has 0 radical (unpaired) electrons. The average molecular weight is 269 g/mol. The summed E-state index contributed by atoms with van der Waals surface area (Å²) in [4.78, 5) is 4.58. The van der Waals surface area contributed by atoms with Crippen LogP contribution in [0, 0.1) is 0 Å². The molecule has 0 amide bonds. The molecule has 2 aromatic rings. The first-order valence-electron chi connectivity index (χ1n) is 5.35. The minimum absolute atomic E-state index is 0.0642. The van der Waals surface area contributed by atoms with Crippen molar-refractivity contribution < 1.29 is 0 Å². The summed E-state index contributed by atoms with van der Waals surface area (Å²) in [5.41, 5.74) is 8.26. The number of fused-ring (bicyclic) bond motifs is 1. The Morgan fingerprint density at radius 3 is 2.35 bits per heavy atom. The van der Waals surface area contributed by atoms with E-state index in [2.05, 4.69) is 25.8 Å². The maximum Gasteiger partial charge on any atom is 0.0913 e. The van der Waals surface area contributed by atoms with Crippen LogP contribution >= 0.6 is 23.2 Å². The summed E-state index contributed by atoms with van der Waals surface area (Å²) in [5, 5.41) is 1.90. The van der Waals surface area contributed by atoms with Crippen LogP contribution in [0.2, 0.25) is 10.0 Å². The number of pyridine rings is 1. The molecule has 0 bridgehead atoms. The second-order valence-electron chi connectivity index (χ2n) is 5.13. The number of halogens is 2. The van der Waals surface area contributed by atoms with E-state index in [1.54, 1.807) is 12.1 Å². The summed E-state index contributed by atoms with van der Waals surface area (Å²) in [7, 11) is 0. The molecular formula is C13H14Cl2N2. The molecule has 4 heteroatoms. The number of nitrogen functional groups attached to an aromatic ring is 1. The van der Waals surface area contributed by atoms with E-state index in [-0.39, 0.29) is 5.41 Å². The fraction of sp³-hybridized carbons (Fsp3) is 0.308. The van der Waals surface area contributed by atoms with Gasteiger partial charge in [-0.25, -0.2) is 0 Å². The molecule has 0 aliphatic rings. The van der Waals surface area contributed by atoms with Crippen LogP contribution in [0.15, 0.2) is 18.2 Å². The first kappa shape index (κ1) is 12.5. The van der Waals surface area contributed by atoms with Gasteiger partial charge in [0, 0.05) is 27.2 Å². The number of hydrogen-bond donors (Lipinski definition) is 1. The predicted octanol–water partition coefficient (Wildman–Crippen LogP) is 4.42. The third kappa shape index (κ3) is 2.33. The number of rotatable bonds is 0. The number of aromatic nitrogens is 1. The third-order valence-electron chi connectivity index (χ3n) is 2.63. The summed E-state index contributed by atoms with van der Waals surface area (Å²) in [6.07, 6.45) is 0. The van der Waals surface area contributed by atoms with E-state index in [1.165, 1.54) is 0 Å². The molecule has 2 nitrogen and oxygen atoms in total. The van der Waals surface area contributed by atoms with Gasteiger partial charge in [-0.3, -0.25) is 4.98 Å². The average Bonchev–Trinajstić information content (AvgIpc) is 2.17. The summed E-state index contributed by atoms with van der Waals surface area (Å²) in [6.45, 7) is 6.26. The van der Waals surface area contributed by atoms with Gasteiger partial charge in [0.25, 0.3) is 0 Å². The van der Waals surface area contributed by atoms with E-state index in [0.29, 0.717) is 21.2 Å². The normalized spacial score (nSPS) is 12.1. The highest BCUT2D eigenvalue weighted by Gasteiger charge is 2.18. The number of anilines is 1. The number of nitrogens with two attached hydrogens (primary N) is 1. The van der Waals surface area contributed by atoms with Crippen LogP contribution in [0.5, 0.6) is 0 Å². The lowest BCUT2D eigenvalue weighted by molar-refractivity contribution is 0.572. The van der Waals surface area contributed by atoms with Crippen LogP contribution in [0.4, 0.5) is 5.69 Å². The van der Waals surface area contributed by atoms with Gasteiger partial charge in [-0.05, 0) is 18.2 Å². The minimum Gasteiger partial charge on any atom is -0.398 e. The van der Waals surface area contributed by atoms with Crippen molar-refractivity contribution in [2.45, 2.75) is 26.2 Å². The van der Waals surface area contributed by atoms with Gasteiger partial charge in [-0.1, -0.05) is 44.0 Å². The van der Waals surface area contributed by atoms with Gasteiger partial charge in [0.1, 0.15) is 0 Å². The molecule has 0 fully saturated rings. The van der Waals surface area contributed by atoms with Crippen LogP contribution in [0.3, 0.4) is 0 Å². The number of hydrogen-bond acceptors (Lipinski definition) is 2. The van der Waals surface area contributed by atoms with Crippen molar-refractivity contribution in [1.82, 2.24) is 4.98 Å². The standard InChI is InChI=1S/C13H14Cl2N2/c1-13(2,3)11-6-10(16)8-4-7(14)5-9(15)12(8)17-11/h4-6H,1-3H3,(H2,16,17). The Labute approximate surface area is 111 Å². The fourth-order valence-electron chi connectivity index (χ4n) is 1.66. The van der Waals surface area contributed by atoms with Crippen LogP contribution in [-0.4, -0.2) is 4.98 Å². The zero-order chi connectivity index (χ0) is 12.8. The zero-order valence-corrected chi connectivity index (χ0v) is 11.5. The maximum absolute atomic E-state index is 6.15. The summed E-state index contributed by atoms with van der Waals surface area (Å²) in [6, 6.07) is 5.36. The first-order chi connectivity index (χ1) is 7.79. The lowest BCUT2D eigenvalue weighted by atomic mass is 9.91. The van der Waals surface area contributed by atoms with Gasteiger partial charge in [0.15, 0.2) is 0 Å². The lowest BCUT2D eigenvalue weighted by Gasteiger charge is -2.19. The minimum atomic E-state index is -0.0642. The molecule has 1 heterocycles. The van der Waals surface area contributed by atoms with Crippen molar-refractivity contribution in [3.05, 3.63) is 33.9 Å². The van der Waals surface area contributed by atoms with Crippen molar-refractivity contribution in [2.24, 2.45) is 0 Å². The highest BCUT2D eigenvalue weighted by Crippen LogP contribution is 2.33. The molecule has 17 heavy (non-hydrogen) atoms. The van der Waals surface area contributed by atoms with Crippen LogP contribution < -0.4 is 5.73 Å². The Kier molecular flexibility index (Phi) is 2.96. The molecule has 0 spiro atoms. The Bertz CT molecular complexity index is 586. The summed E-state index contributed by atoms with van der Waals surface area (Å²) >= 11 is 12.1. The van der Waals surface area contributed by atoms with Crippen molar-refractivity contribution in [3.8, 4) is 0 Å². The fourth-order valence-corrected chi connectivity index (χ4v) is 2.20. The van der Waals surface area contributed by atoms with Gasteiger partial charge in [-0.2, -0.15) is 0 Å². The molecule has 0 aliphatic heterocycles. The molecule has 2 rings (SSSR count). The Morgan fingerprint density at radius 1 is 1.12 bits per heavy atom. The van der Waals surface area contributed by atoms with E-state index in [1.807, 2.05) is 6.07 Å². The Hall–Kier alpha value is -0.990. The van der Waals surface area contributed by atoms with E-state index < -0.39 is 0 Å². The highest BCUT2D eigenvalue weighted by molar-refractivity contribution is 6.38. The molecule has 2 N–H and O–H groups in total. The topological polar surface area (TPSA) is 38.9 Å². The quantitative estimate of drug-likeness (QED) is 0.768. The largest absolute Gasteiger partial charge is 0.398 e. The van der Waals surface area contributed by atoms with Crippen molar-refractivity contribution in [2.75, 3.05) is 5.73 Å². The number of nitrogens with zero attached hydrogens (tertiary/aromatic N) is 1.